The number of piperidine rings is 1. The van der Waals surface area contributed by atoms with Crippen molar-refractivity contribution in [3.63, 3.8) is 0 Å². The maximum absolute atomic E-state index is 11.3. The number of aliphatic hydroxyl groups is 1. The predicted octanol–water partition coefficient (Wildman–Crippen LogP) is 1.53. The van der Waals surface area contributed by atoms with Gasteiger partial charge in [0.1, 0.15) is 0 Å². The van der Waals surface area contributed by atoms with Gasteiger partial charge in [-0.15, -0.1) is 0 Å². The molecule has 4 nitrogen and oxygen atoms in total. The van der Waals surface area contributed by atoms with Crippen LogP contribution in [-0.4, -0.2) is 48.2 Å². The van der Waals surface area contributed by atoms with E-state index < -0.39 is 0 Å². The molecule has 0 aromatic heterocycles. The van der Waals surface area contributed by atoms with Crippen LogP contribution in [0.4, 0.5) is 0 Å². The van der Waals surface area contributed by atoms with E-state index in [1.54, 1.807) is 7.05 Å². The highest BCUT2D eigenvalue weighted by Crippen LogP contribution is 2.35. The number of nitrogens with zero attached hydrogens (tertiary/aromatic N) is 1. The number of aliphatic hydroxyl groups excluding tert-OH is 1. The van der Waals surface area contributed by atoms with Crippen LogP contribution in [0.3, 0.4) is 0 Å². The van der Waals surface area contributed by atoms with E-state index >= 15 is 0 Å². The second kappa shape index (κ2) is 7.25. The Kier molecular flexibility index (Phi) is 5.64. The standard InChI is InChI=1S/C15H28N2O2/c1-16-15(19)9-5-11-17-10-3-2-7-13(17)12-6-4-8-14(12)18/h12-14,18H,2-11H2,1H3,(H,16,19). The fraction of sp³-hybridized carbons (Fsp3) is 0.933. The average Bonchev–Trinajstić information content (AvgIpc) is 2.85. The molecule has 0 bridgehead atoms. The van der Waals surface area contributed by atoms with E-state index in [0.29, 0.717) is 18.4 Å². The third-order valence-electron chi connectivity index (χ3n) is 4.82. The van der Waals surface area contributed by atoms with Gasteiger partial charge >= 0.3 is 0 Å². The number of rotatable bonds is 5. The van der Waals surface area contributed by atoms with Crippen molar-refractivity contribution < 1.29 is 9.90 Å². The highest BCUT2D eigenvalue weighted by molar-refractivity contribution is 5.75. The summed E-state index contributed by atoms with van der Waals surface area (Å²) >= 11 is 0. The Balaban J connectivity index is 1.83. The van der Waals surface area contributed by atoms with Gasteiger partial charge in [-0.05, 0) is 45.2 Å². The van der Waals surface area contributed by atoms with Gasteiger partial charge in [-0.3, -0.25) is 9.69 Å². The van der Waals surface area contributed by atoms with Gasteiger partial charge in [0.25, 0.3) is 0 Å². The van der Waals surface area contributed by atoms with E-state index in [9.17, 15) is 9.90 Å². The Hall–Kier alpha value is -0.610. The Labute approximate surface area is 116 Å². The minimum absolute atomic E-state index is 0.0930. The third-order valence-corrected chi connectivity index (χ3v) is 4.82. The van der Waals surface area contributed by atoms with Crippen molar-refractivity contribution >= 4 is 5.91 Å². The lowest BCUT2D eigenvalue weighted by Crippen LogP contribution is -2.46. The zero-order valence-corrected chi connectivity index (χ0v) is 12.1. The summed E-state index contributed by atoms with van der Waals surface area (Å²) in [6.07, 6.45) is 8.57. The summed E-state index contributed by atoms with van der Waals surface area (Å²) in [4.78, 5) is 13.8. The van der Waals surface area contributed by atoms with E-state index in [-0.39, 0.29) is 12.0 Å². The Morgan fingerprint density at radius 2 is 2.11 bits per heavy atom. The van der Waals surface area contributed by atoms with E-state index in [1.807, 2.05) is 0 Å². The quantitative estimate of drug-likeness (QED) is 0.795. The highest BCUT2D eigenvalue weighted by Gasteiger charge is 2.36. The number of carbonyl (C=O) groups is 1. The molecule has 1 saturated carbocycles. The van der Waals surface area contributed by atoms with Crippen LogP contribution >= 0.6 is 0 Å². The van der Waals surface area contributed by atoms with Crippen LogP contribution in [0.25, 0.3) is 0 Å². The molecule has 0 aromatic rings. The van der Waals surface area contributed by atoms with Crippen LogP contribution in [0.5, 0.6) is 0 Å². The Bertz CT molecular complexity index is 296. The summed E-state index contributed by atoms with van der Waals surface area (Å²) in [7, 11) is 1.70. The van der Waals surface area contributed by atoms with Gasteiger partial charge in [0.15, 0.2) is 0 Å². The molecule has 4 heteroatoms. The van der Waals surface area contributed by atoms with Gasteiger partial charge in [-0.1, -0.05) is 12.8 Å². The topological polar surface area (TPSA) is 52.6 Å². The fourth-order valence-electron chi connectivity index (χ4n) is 3.76. The van der Waals surface area contributed by atoms with Gasteiger partial charge in [-0.2, -0.15) is 0 Å². The second-order valence-electron chi connectivity index (χ2n) is 6.04. The number of nitrogens with one attached hydrogen (secondary N) is 1. The van der Waals surface area contributed by atoms with Crippen LogP contribution in [0.2, 0.25) is 0 Å². The number of amides is 1. The fourth-order valence-corrected chi connectivity index (χ4v) is 3.76. The smallest absolute Gasteiger partial charge is 0.219 e. The van der Waals surface area contributed by atoms with Crippen molar-refractivity contribution in [1.29, 1.82) is 0 Å². The molecule has 1 saturated heterocycles. The van der Waals surface area contributed by atoms with Crippen LogP contribution in [0.1, 0.15) is 51.4 Å². The molecule has 110 valence electrons. The third kappa shape index (κ3) is 3.93. The summed E-state index contributed by atoms with van der Waals surface area (Å²) in [6.45, 7) is 2.14. The molecule has 3 atom stereocenters. The minimum Gasteiger partial charge on any atom is -0.393 e. The molecule has 2 N–H and O–H groups in total. The van der Waals surface area contributed by atoms with E-state index in [4.69, 9.17) is 0 Å². The Morgan fingerprint density at radius 3 is 2.79 bits per heavy atom. The summed E-state index contributed by atoms with van der Waals surface area (Å²) < 4.78 is 0. The SMILES string of the molecule is CNC(=O)CCCN1CCCCC1C1CCCC1O. The Morgan fingerprint density at radius 1 is 1.26 bits per heavy atom. The number of hydrogen-bond acceptors (Lipinski definition) is 3. The maximum atomic E-state index is 11.3. The van der Waals surface area contributed by atoms with Crippen molar-refractivity contribution in [2.24, 2.45) is 5.92 Å². The first-order valence-corrected chi connectivity index (χ1v) is 7.85. The lowest BCUT2D eigenvalue weighted by Gasteiger charge is -2.40. The lowest BCUT2D eigenvalue weighted by molar-refractivity contribution is -0.120. The van der Waals surface area contributed by atoms with E-state index in [2.05, 4.69) is 10.2 Å². The molecule has 2 rings (SSSR count). The summed E-state index contributed by atoms with van der Waals surface area (Å²) in [6, 6.07) is 0.552. The summed E-state index contributed by atoms with van der Waals surface area (Å²) in [5, 5.41) is 12.8. The molecule has 2 aliphatic rings. The molecule has 1 aliphatic heterocycles. The summed E-state index contributed by atoms with van der Waals surface area (Å²) in [5.41, 5.74) is 0. The zero-order valence-electron chi connectivity index (χ0n) is 12.1. The second-order valence-corrected chi connectivity index (χ2v) is 6.04. The molecule has 3 unspecified atom stereocenters. The van der Waals surface area contributed by atoms with Gasteiger partial charge in [0.2, 0.25) is 5.91 Å². The molecular formula is C15H28N2O2. The van der Waals surface area contributed by atoms with Crippen molar-refractivity contribution in [2.45, 2.75) is 63.5 Å². The number of likely N-dealkylation sites (tertiary alicyclic amines) is 1. The molecule has 0 radical (unpaired) electrons. The first kappa shape index (κ1) is 14.8. The molecule has 2 fully saturated rings. The van der Waals surface area contributed by atoms with Gasteiger partial charge in [0, 0.05) is 25.4 Å². The van der Waals surface area contributed by atoms with Crippen LogP contribution in [-0.2, 0) is 4.79 Å². The highest BCUT2D eigenvalue weighted by atomic mass is 16.3. The summed E-state index contributed by atoms with van der Waals surface area (Å²) in [5.74, 6) is 0.606. The normalized spacial score (nSPS) is 32.4. The number of hydrogen-bond donors (Lipinski definition) is 2. The number of carbonyl (C=O) groups excluding carboxylic acids is 1. The molecule has 1 aliphatic carbocycles. The molecule has 0 spiro atoms. The molecule has 0 aromatic carbocycles. The van der Waals surface area contributed by atoms with E-state index in [0.717, 1.165) is 25.9 Å². The van der Waals surface area contributed by atoms with Crippen molar-refractivity contribution in [2.75, 3.05) is 20.1 Å². The molecule has 1 heterocycles. The average molecular weight is 268 g/mol. The van der Waals surface area contributed by atoms with Crippen LogP contribution in [0, 0.1) is 5.92 Å². The van der Waals surface area contributed by atoms with Gasteiger partial charge < -0.3 is 10.4 Å². The van der Waals surface area contributed by atoms with Crippen molar-refractivity contribution in [1.82, 2.24) is 10.2 Å². The monoisotopic (exact) mass is 268 g/mol. The molecular weight excluding hydrogens is 240 g/mol. The van der Waals surface area contributed by atoms with Crippen LogP contribution < -0.4 is 5.32 Å². The maximum Gasteiger partial charge on any atom is 0.219 e. The van der Waals surface area contributed by atoms with Crippen molar-refractivity contribution in [3.05, 3.63) is 0 Å². The van der Waals surface area contributed by atoms with Crippen molar-refractivity contribution in [3.8, 4) is 0 Å². The molecule has 1 amide bonds. The van der Waals surface area contributed by atoms with Crippen LogP contribution in [0.15, 0.2) is 0 Å². The first-order chi connectivity index (χ1) is 9.22. The predicted molar refractivity (Wildman–Crippen MR) is 75.9 cm³/mol. The van der Waals surface area contributed by atoms with Gasteiger partial charge in [-0.25, -0.2) is 0 Å². The lowest BCUT2D eigenvalue weighted by atomic mass is 9.87. The largest absolute Gasteiger partial charge is 0.393 e. The zero-order chi connectivity index (χ0) is 13.7. The minimum atomic E-state index is -0.0930. The first-order valence-electron chi connectivity index (χ1n) is 7.85. The van der Waals surface area contributed by atoms with E-state index in [1.165, 1.54) is 32.1 Å². The van der Waals surface area contributed by atoms with Gasteiger partial charge in [0.05, 0.1) is 6.10 Å². The molecule has 19 heavy (non-hydrogen) atoms.